The lowest BCUT2D eigenvalue weighted by molar-refractivity contribution is -0.124. The minimum atomic E-state index is -3.72. The van der Waals surface area contributed by atoms with Gasteiger partial charge in [0.1, 0.15) is 6.54 Å². The van der Waals surface area contributed by atoms with E-state index in [1.54, 1.807) is 18.2 Å². The lowest BCUT2D eigenvalue weighted by atomic mass is 10.1. The number of carbonyl (C=O) groups excluding carboxylic acids is 2. The summed E-state index contributed by atoms with van der Waals surface area (Å²) in [5.74, 6) is -0.738. The Morgan fingerprint density at radius 3 is 2.39 bits per heavy atom. The van der Waals surface area contributed by atoms with Gasteiger partial charge in [0.15, 0.2) is 9.84 Å². The van der Waals surface area contributed by atoms with Crippen LogP contribution in [0.15, 0.2) is 59.5 Å². The quantitative estimate of drug-likeness (QED) is 0.855. The van der Waals surface area contributed by atoms with E-state index in [-0.39, 0.29) is 41.4 Å². The Bertz CT molecular complexity index is 1000. The van der Waals surface area contributed by atoms with Crippen molar-refractivity contribution in [2.24, 2.45) is 0 Å². The fourth-order valence-electron chi connectivity index (χ4n) is 3.32. The van der Waals surface area contributed by atoms with E-state index in [0.29, 0.717) is 0 Å². The number of benzene rings is 2. The van der Waals surface area contributed by atoms with Gasteiger partial charge in [0, 0.05) is 6.42 Å². The number of amides is 2. The predicted molar refractivity (Wildman–Crippen MR) is 108 cm³/mol. The molecule has 1 aliphatic rings. The zero-order valence-corrected chi connectivity index (χ0v) is 17.0. The van der Waals surface area contributed by atoms with Crippen molar-refractivity contribution in [2.75, 3.05) is 11.4 Å². The largest absolute Gasteiger partial charge is 0.348 e. The smallest absolute Gasteiger partial charge is 0.240 e. The Morgan fingerprint density at radius 2 is 1.71 bits per heavy atom. The van der Waals surface area contributed by atoms with Gasteiger partial charge >= 0.3 is 0 Å². The highest BCUT2D eigenvalue weighted by Gasteiger charge is 2.44. The predicted octanol–water partition coefficient (Wildman–Crippen LogP) is 2.85. The summed E-state index contributed by atoms with van der Waals surface area (Å²) in [5, 5.41) is 2.87. The Labute approximate surface area is 165 Å². The molecular formula is C21H24N2O4S. The van der Waals surface area contributed by atoms with Gasteiger partial charge in [-0.2, -0.15) is 0 Å². The fraction of sp³-hybridized carbons (Fsp3) is 0.333. The average molecular weight is 401 g/mol. The van der Waals surface area contributed by atoms with Gasteiger partial charge in [0.25, 0.3) is 0 Å². The molecule has 0 spiro atoms. The fourth-order valence-corrected chi connectivity index (χ4v) is 4.94. The van der Waals surface area contributed by atoms with Crippen molar-refractivity contribution in [3.05, 3.63) is 60.2 Å². The first-order chi connectivity index (χ1) is 13.1. The SMILES string of the molecule is CC(NC(=O)CN1C(=O)CC(C)(C)S(=O)(=O)c2ccccc21)c1ccccc1. The summed E-state index contributed by atoms with van der Waals surface area (Å²) in [6.45, 7) is 4.70. The molecule has 2 amide bonds. The van der Waals surface area contributed by atoms with Gasteiger partial charge in [0.2, 0.25) is 11.8 Å². The van der Waals surface area contributed by atoms with Crippen LogP contribution in [0.4, 0.5) is 5.69 Å². The summed E-state index contributed by atoms with van der Waals surface area (Å²) in [7, 11) is -3.72. The van der Waals surface area contributed by atoms with Crippen LogP contribution in [0.25, 0.3) is 0 Å². The van der Waals surface area contributed by atoms with Crippen LogP contribution in [0.3, 0.4) is 0 Å². The van der Waals surface area contributed by atoms with Crippen LogP contribution < -0.4 is 10.2 Å². The molecule has 0 aromatic heterocycles. The van der Waals surface area contributed by atoms with E-state index in [1.165, 1.54) is 24.8 Å². The molecule has 28 heavy (non-hydrogen) atoms. The Balaban J connectivity index is 1.89. The highest BCUT2D eigenvalue weighted by molar-refractivity contribution is 7.93. The molecule has 148 valence electrons. The van der Waals surface area contributed by atoms with E-state index >= 15 is 0 Å². The summed E-state index contributed by atoms with van der Waals surface area (Å²) in [5.41, 5.74) is 1.20. The molecule has 2 aromatic rings. The number of carbonyl (C=O) groups is 2. The van der Waals surface area contributed by atoms with Crippen molar-refractivity contribution in [3.8, 4) is 0 Å². The highest BCUT2D eigenvalue weighted by Crippen LogP contribution is 2.38. The third-order valence-electron chi connectivity index (χ3n) is 5.03. The van der Waals surface area contributed by atoms with Gasteiger partial charge in [-0.3, -0.25) is 9.59 Å². The van der Waals surface area contributed by atoms with Crippen LogP contribution in [-0.4, -0.2) is 31.5 Å². The summed E-state index contributed by atoms with van der Waals surface area (Å²) < 4.78 is 24.8. The molecule has 7 heteroatoms. The van der Waals surface area contributed by atoms with Crippen molar-refractivity contribution in [1.29, 1.82) is 0 Å². The molecule has 0 saturated heterocycles. The summed E-state index contributed by atoms with van der Waals surface area (Å²) in [6, 6.07) is 15.6. The molecule has 1 unspecified atom stereocenters. The van der Waals surface area contributed by atoms with E-state index in [0.717, 1.165) is 5.56 Å². The van der Waals surface area contributed by atoms with Crippen molar-refractivity contribution in [3.63, 3.8) is 0 Å². The Kier molecular flexibility index (Phi) is 5.30. The summed E-state index contributed by atoms with van der Waals surface area (Å²) in [4.78, 5) is 26.8. The first-order valence-electron chi connectivity index (χ1n) is 9.12. The topological polar surface area (TPSA) is 83.6 Å². The number of hydrogen-bond donors (Lipinski definition) is 1. The molecule has 0 fully saturated rings. The second-order valence-electron chi connectivity index (χ2n) is 7.59. The number of anilines is 1. The van der Waals surface area contributed by atoms with Crippen molar-refractivity contribution >= 4 is 27.3 Å². The van der Waals surface area contributed by atoms with E-state index < -0.39 is 14.6 Å². The van der Waals surface area contributed by atoms with Crippen LogP contribution in [0.5, 0.6) is 0 Å². The molecule has 1 heterocycles. The molecule has 2 aromatic carbocycles. The molecular weight excluding hydrogens is 376 g/mol. The molecule has 0 radical (unpaired) electrons. The molecule has 0 bridgehead atoms. The van der Waals surface area contributed by atoms with Crippen molar-refractivity contribution < 1.29 is 18.0 Å². The standard InChI is InChI=1S/C21H24N2O4S/c1-15(16-9-5-4-6-10-16)22-19(24)14-23-17-11-7-8-12-18(17)28(26,27)21(2,3)13-20(23)25/h4-12,15H,13-14H2,1-3H3,(H,22,24). The van der Waals surface area contributed by atoms with E-state index in [1.807, 2.05) is 37.3 Å². The maximum absolute atomic E-state index is 13.0. The van der Waals surface area contributed by atoms with Gasteiger partial charge in [-0.05, 0) is 38.5 Å². The molecule has 0 aliphatic carbocycles. The number of hydrogen-bond acceptors (Lipinski definition) is 4. The zero-order chi connectivity index (χ0) is 20.5. The van der Waals surface area contributed by atoms with Crippen LogP contribution >= 0.6 is 0 Å². The van der Waals surface area contributed by atoms with Gasteiger partial charge in [0.05, 0.1) is 21.4 Å². The van der Waals surface area contributed by atoms with E-state index in [2.05, 4.69) is 5.32 Å². The first kappa shape index (κ1) is 20.1. The molecule has 6 nitrogen and oxygen atoms in total. The van der Waals surface area contributed by atoms with Crippen LogP contribution in [0.1, 0.15) is 38.8 Å². The highest BCUT2D eigenvalue weighted by atomic mass is 32.2. The number of nitrogens with one attached hydrogen (secondary N) is 1. The van der Waals surface area contributed by atoms with E-state index in [9.17, 15) is 18.0 Å². The molecule has 1 atom stereocenters. The lowest BCUT2D eigenvalue weighted by Crippen LogP contribution is -2.42. The average Bonchev–Trinajstić information content (AvgIpc) is 2.70. The molecule has 0 saturated carbocycles. The minimum Gasteiger partial charge on any atom is -0.348 e. The monoisotopic (exact) mass is 400 g/mol. The third kappa shape index (κ3) is 3.67. The van der Waals surface area contributed by atoms with Gasteiger partial charge in [-0.25, -0.2) is 8.42 Å². The number of para-hydroxylation sites is 1. The summed E-state index contributed by atoms with van der Waals surface area (Å²) >= 11 is 0. The maximum Gasteiger partial charge on any atom is 0.240 e. The van der Waals surface area contributed by atoms with Crippen LogP contribution in [0, 0.1) is 0 Å². The number of nitrogens with zero attached hydrogens (tertiary/aromatic N) is 1. The van der Waals surface area contributed by atoms with Crippen molar-refractivity contribution in [2.45, 2.75) is 42.9 Å². The first-order valence-corrected chi connectivity index (χ1v) is 10.6. The Morgan fingerprint density at radius 1 is 1.11 bits per heavy atom. The molecule has 3 rings (SSSR count). The zero-order valence-electron chi connectivity index (χ0n) is 16.2. The van der Waals surface area contributed by atoms with Crippen LogP contribution in [0.2, 0.25) is 0 Å². The van der Waals surface area contributed by atoms with E-state index in [4.69, 9.17) is 0 Å². The van der Waals surface area contributed by atoms with Gasteiger partial charge < -0.3 is 10.2 Å². The second kappa shape index (κ2) is 7.39. The maximum atomic E-state index is 13.0. The number of sulfone groups is 1. The van der Waals surface area contributed by atoms with Gasteiger partial charge in [-0.1, -0.05) is 42.5 Å². The van der Waals surface area contributed by atoms with Crippen LogP contribution in [-0.2, 0) is 19.4 Å². The summed E-state index contributed by atoms with van der Waals surface area (Å²) in [6.07, 6.45) is -0.189. The van der Waals surface area contributed by atoms with Crippen molar-refractivity contribution in [1.82, 2.24) is 5.32 Å². The number of rotatable bonds is 4. The van der Waals surface area contributed by atoms with Gasteiger partial charge in [-0.15, -0.1) is 0 Å². The number of fused-ring (bicyclic) bond motifs is 1. The Hall–Kier alpha value is -2.67. The second-order valence-corrected chi connectivity index (χ2v) is 10.1. The minimum absolute atomic E-state index is 0.0785. The third-order valence-corrected chi connectivity index (χ3v) is 7.55. The lowest BCUT2D eigenvalue weighted by Gasteiger charge is -2.23. The molecule has 1 N–H and O–H groups in total. The normalized spacial score (nSPS) is 18.7. The molecule has 1 aliphatic heterocycles.